The van der Waals surface area contributed by atoms with E-state index in [0.29, 0.717) is 67.5 Å². The van der Waals surface area contributed by atoms with Gasteiger partial charge < -0.3 is 4.90 Å². The van der Waals surface area contributed by atoms with E-state index in [1.807, 2.05) is 0 Å². The van der Waals surface area contributed by atoms with Gasteiger partial charge in [-0.3, -0.25) is 0 Å². The van der Waals surface area contributed by atoms with E-state index >= 15 is 0 Å². The first kappa shape index (κ1) is 88.8. The Bertz CT molecular complexity index is 4150. The van der Waals surface area contributed by atoms with E-state index in [2.05, 4.69) is 13.8 Å². The molecule has 9 aromatic carbocycles. The van der Waals surface area contributed by atoms with Gasteiger partial charge in [0.1, 0.15) is 5.69 Å². The predicted molar refractivity (Wildman–Crippen MR) is 302 cm³/mol. The van der Waals surface area contributed by atoms with Crippen LogP contribution in [-0.4, -0.2) is 32.7 Å². The van der Waals surface area contributed by atoms with Crippen molar-refractivity contribution in [1.82, 2.24) is 0 Å². The molecule has 0 aliphatic heterocycles. The summed E-state index contributed by atoms with van der Waals surface area (Å²) in [7, 11) is 0. The van der Waals surface area contributed by atoms with Crippen LogP contribution in [0.2, 0.25) is 0 Å². The Balaban J connectivity index is 0.000000278. The van der Waals surface area contributed by atoms with Crippen molar-refractivity contribution >= 4 is 21.2 Å². The van der Waals surface area contributed by atoms with E-state index in [1.54, 1.807) is 6.92 Å². The Morgan fingerprint density at radius 1 is 0.292 bits per heavy atom. The maximum atomic E-state index is 14.3. The predicted octanol–water partition coefficient (Wildman–Crippen LogP) is 22.8. The second-order valence-electron chi connectivity index (χ2n) is 20.8. The van der Waals surface area contributed by atoms with E-state index in [-0.39, 0.29) is 0 Å². The van der Waals surface area contributed by atoms with Crippen LogP contribution in [0.4, 0.5) is 164 Å². The molecule has 9 aromatic rings. The second kappa shape index (κ2) is 37.6. The number of rotatable bonds is 13. The molecule has 3 nitrogen and oxygen atoms in total. The van der Waals surface area contributed by atoms with Gasteiger partial charge in [0.25, 0.3) is 0 Å². The molecule has 1 atom stereocenters. The van der Waals surface area contributed by atoms with E-state index < -0.39 is 281 Å². The zero-order valence-electron chi connectivity index (χ0n) is 52.6. The van der Waals surface area contributed by atoms with Crippen LogP contribution in [-0.2, 0) is 3.80 Å². The standard InChI is InChI=1S/C18H27F4N.4C12H2F8.Al.H2O.O/c1-5-8-9-13(6-2)10-11-23(7-3)18-15(20)12(4)14(19)16(21)17(18)22;4*13-4-2-1-3(6(14)7(4)15)5-8(16)10(18)12(20)11(19)9(5)17;;;/h13H,5-11H2,1-4H3;4*1-2H;;1H2;/q;;;;;+1;;/p-1. The fourth-order valence-corrected chi connectivity index (χ4v) is 9.07. The first-order valence-corrected chi connectivity index (χ1v) is 29.6. The Kier molecular flexibility index (Phi) is 31.5. The van der Waals surface area contributed by atoms with Crippen molar-refractivity contribution in [2.24, 2.45) is 5.92 Å². The Morgan fingerprint density at radius 3 is 0.717 bits per heavy atom. The number of benzene rings is 9. The first-order chi connectivity index (χ1) is 49.4. The van der Waals surface area contributed by atoms with Crippen LogP contribution in [0.3, 0.4) is 0 Å². The molecule has 0 fully saturated rings. The SMILES string of the molecule is CCCCC(CC)CCN(CC)c1c(F)c(C)c(F)c(F)c1F.Fc1ccc(-c2c(F)c(F)c(F)c(F)c2F)c(F)c1F.Fc1ccc(-c2c(F)c(F)c(F)c(F)c2F)c(F)c1F.Fc1ccc(-c2c(F)c(F)c(F)c(F)c2F)c(F)c1F.Fc1ccc(-c2c(F)c(F)c(F)c(F)c2F)c(F)c1F.[O]=[Al][OH]. The topological polar surface area (TPSA) is 40.5 Å². The Hall–Kier alpha value is -9.61. The number of anilines is 1. The minimum absolute atomic E-state index is 0.297. The fourth-order valence-electron chi connectivity index (χ4n) is 9.07. The third-order valence-electron chi connectivity index (χ3n) is 14.6. The zero-order valence-corrected chi connectivity index (χ0v) is 53.8. The molecule has 0 saturated heterocycles. The monoisotopic (exact) mass is 1590 g/mol. The average molecular weight is 1590 g/mol. The maximum absolute atomic E-state index is 14.3. The zero-order chi connectivity index (χ0) is 81.0. The number of halogens is 36. The van der Waals surface area contributed by atoms with Crippen LogP contribution in [0.1, 0.15) is 58.4 Å². The van der Waals surface area contributed by atoms with Gasteiger partial charge in [-0.05, 0) is 74.7 Å². The molecule has 1 N–H and O–H groups in total. The van der Waals surface area contributed by atoms with Gasteiger partial charge in [0.2, 0.25) is 23.3 Å². The summed E-state index contributed by atoms with van der Waals surface area (Å²) in [5.74, 6) is -75.3. The summed E-state index contributed by atoms with van der Waals surface area (Å²) in [6.07, 6.45) is 5.09. The van der Waals surface area contributed by atoms with Crippen molar-refractivity contribution in [2.75, 3.05) is 18.0 Å². The molecule has 0 saturated carbocycles. The molecule has 0 aromatic heterocycles. The quantitative estimate of drug-likeness (QED) is 0.0541. The molecule has 106 heavy (non-hydrogen) atoms. The molecule has 0 aliphatic carbocycles. The second-order valence-corrected chi connectivity index (χ2v) is 21.0. The molecule has 0 aliphatic rings. The van der Waals surface area contributed by atoms with Crippen LogP contribution in [0.15, 0.2) is 48.5 Å². The first-order valence-electron chi connectivity index (χ1n) is 28.6. The number of nitrogens with zero attached hydrogens (tertiary/aromatic N) is 1. The van der Waals surface area contributed by atoms with Crippen LogP contribution < -0.4 is 4.90 Å². The molecule has 40 heteroatoms. The van der Waals surface area contributed by atoms with Crippen molar-refractivity contribution in [3.63, 3.8) is 0 Å². The Morgan fingerprint density at radius 2 is 0.509 bits per heavy atom. The summed E-state index contributed by atoms with van der Waals surface area (Å²) in [6.45, 7) is 7.86. The van der Waals surface area contributed by atoms with Crippen molar-refractivity contribution < 1.29 is 166 Å². The summed E-state index contributed by atoms with van der Waals surface area (Å²) in [5, 5.41) is 0. The summed E-state index contributed by atoms with van der Waals surface area (Å²) in [5.41, 5.74) is -12.7. The molecular weight excluding hydrogens is 1550 g/mol. The summed E-state index contributed by atoms with van der Waals surface area (Å²) in [4.78, 5) is 1.47. The van der Waals surface area contributed by atoms with Crippen molar-refractivity contribution in [1.29, 1.82) is 0 Å². The third-order valence-corrected chi connectivity index (χ3v) is 14.6. The van der Waals surface area contributed by atoms with Gasteiger partial charge in [-0.15, -0.1) is 0 Å². The van der Waals surface area contributed by atoms with E-state index in [1.165, 1.54) is 4.90 Å². The van der Waals surface area contributed by atoms with Crippen molar-refractivity contribution in [3.8, 4) is 44.5 Å². The molecular formula is C66H36AlF36NO2. The van der Waals surface area contributed by atoms with Crippen LogP contribution in [0.25, 0.3) is 44.5 Å². The van der Waals surface area contributed by atoms with Gasteiger partial charge in [0.05, 0.1) is 22.3 Å². The summed E-state index contributed by atoms with van der Waals surface area (Å²) in [6, 6.07) is 2.66. The average Bonchev–Trinajstić information content (AvgIpc) is 0.797. The third kappa shape index (κ3) is 18.4. The van der Waals surface area contributed by atoms with Crippen molar-refractivity contribution in [3.05, 3.63) is 264 Å². The van der Waals surface area contributed by atoms with Gasteiger partial charge in [-0.1, -0.05) is 39.5 Å². The molecule has 0 amide bonds. The minimum atomic E-state index is -2.44. The molecule has 0 radical (unpaired) electrons. The normalized spacial score (nSPS) is 11.1. The van der Waals surface area contributed by atoms with Gasteiger partial charge in [0, 0.05) is 40.9 Å². The molecule has 0 bridgehead atoms. The van der Waals surface area contributed by atoms with Gasteiger partial charge in [-0.25, -0.2) is 158 Å². The van der Waals surface area contributed by atoms with Crippen molar-refractivity contribution in [2.45, 2.75) is 59.8 Å². The Labute approximate surface area is 577 Å². The van der Waals surface area contributed by atoms with Gasteiger partial charge in [-0.2, -0.15) is 0 Å². The molecule has 572 valence electrons. The summed E-state index contributed by atoms with van der Waals surface area (Å²) >= 11 is -1.50. The molecule has 1 unspecified atom stereocenters. The molecule has 9 rings (SSSR count). The number of hydrogen-bond donors (Lipinski definition) is 1. The fraction of sp³-hybridized carbons (Fsp3) is 0.182. The number of hydrogen-bond acceptors (Lipinski definition) is 2. The van der Waals surface area contributed by atoms with Crippen LogP contribution in [0.5, 0.6) is 0 Å². The van der Waals surface area contributed by atoms with Gasteiger partial charge in [0.15, 0.2) is 186 Å². The number of unbranched alkanes of at least 4 members (excludes halogenated alkanes) is 1. The summed E-state index contributed by atoms with van der Waals surface area (Å²) < 4.78 is 489. The molecule has 0 heterocycles. The van der Waals surface area contributed by atoms with E-state index in [9.17, 15) is 158 Å². The van der Waals surface area contributed by atoms with Gasteiger partial charge >= 0.3 is 23.4 Å². The van der Waals surface area contributed by atoms with Crippen LogP contribution >= 0.6 is 0 Å². The van der Waals surface area contributed by atoms with E-state index in [4.69, 9.17) is 7.96 Å². The molecule has 0 spiro atoms. The van der Waals surface area contributed by atoms with E-state index in [0.717, 1.165) is 39.0 Å². The van der Waals surface area contributed by atoms with Crippen LogP contribution in [0, 0.1) is 222 Å².